The van der Waals surface area contributed by atoms with E-state index in [1.165, 1.54) is 0 Å². The first-order valence-corrected chi connectivity index (χ1v) is 10.9. The molecule has 0 fully saturated rings. The van der Waals surface area contributed by atoms with Crippen molar-refractivity contribution < 1.29 is 31.7 Å². The van der Waals surface area contributed by atoms with Gasteiger partial charge in [0, 0.05) is 6.54 Å². The van der Waals surface area contributed by atoms with Crippen LogP contribution in [0.25, 0.3) is 0 Å². The lowest BCUT2D eigenvalue weighted by Crippen LogP contribution is -2.55. The summed E-state index contributed by atoms with van der Waals surface area (Å²) in [4.78, 5) is 24.2. The minimum Gasteiger partial charge on any atom is -0.459 e. The number of benzene rings is 1. The van der Waals surface area contributed by atoms with Gasteiger partial charge in [0.2, 0.25) is 0 Å². The fourth-order valence-electron chi connectivity index (χ4n) is 2.19. The summed E-state index contributed by atoms with van der Waals surface area (Å²) in [6.45, 7) is 4.77. The molecule has 0 aliphatic carbocycles. The maximum atomic E-state index is 12.5. The zero-order chi connectivity index (χ0) is 22.1. The monoisotopic (exact) mass is 430 g/mol. The Bertz CT molecular complexity index is 775. The Labute approximate surface area is 172 Å². The molecule has 0 aromatic heterocycles. The van der Waals surface area contributed by atoms with Gasteiger partial charge in [-0.2, -0.15) is 8.42 Å². The second kappa shape index (κ2) is 10.6. The van der Waals surface area contributed by atoms with Crippen molar-refractivity contribution in [1.29, 1.82) is 0 Å². The molecule has 1 rings (SSSR count). The molecule has 1 aromatic carbocycles. The number of nitrogens with one attached hydrogen (secondary N) is 1. The van der Waals surface area contributed by atoms with Crippen LogP contribution in [0.15, 0.2) is 30.3 Å². The zero-order valence-corrected chi connectivity index (χ0v) is 18.1. The SMILES string of the molecule is CC(C)(C)OC(=O)[C@](N)(CCCNC(=O)OCc1ccccc1)COS(C)(=O)=O. The summed E-state index contributed by atoms with van der Waals surface area (Å²) in [5.41, 5.74) is 4.48. The second-order valence-electron chi connectivity index (χ2n) is 7.72. The Hall–Kier alpha value is -2.17. The van der Waals surface area contributed by atoms with Gasteiger partial charge >= 0.3 is 12.1 Å². The van der Waals surface area contributed by atoms with Gasteiger partial charge in [0.15, 0.2) is 0 Å². The van der Waals surface area contributed by atoms with E-state index in [-0.39, 0.29) is 26.0 Å². The molecule has 9 nitrogen and oxygen atoms in total. The number of esters is 1. The molecule has 3 N–H and O–H groups in total. The summed E-state index contributed by atoms with van der Waals surface area (Å²) >= 11 is 0. The molecule has 0 heterocycles. The minimum atomic E-state index is -3.79. The van der Waals surface area contributed by atoms with Gasteiger partial charge in [-0.25, -0.2) is 9.59 Å². The molecule has 0 aliphatic heterocycles. The molecular formula is C19H30N2O7S. The maximum Gasteiger partial charge on any atom is 0.407 e. The summed E-state index contributed by atoms with van der Waals surface area (Å²) in [7, 11) is -3.79. The van der Waals surface area contributed by atoms with Crippen molar-refractivity contribution in [3.8, 4) is 0 Å². The lowest BCUT2D eigenvalue weighted by atomic mass is 9.95. The molecule has 0 bridgehead atoms. The van der Waals surface area contributed by atoms with Crippen LogP contribution in [0.2, 0.25) is 0 Å². The van der Waals surface area contributed by atoms with Gasteiger partial charge in [-0.15, -0.1) is 0 Å². The maximum absolute atomic E-state index is 12.5. The van der Waals surface area contributed by atoms with Crippen molar-refractivity contribution in [3.05, 3.63) is 35.9 Å². The van der Waals surface area contributed by atoms with Crippen LogP contribution in [0.5, 0.6) is 0 Å². The number of hydrogen-bond donors (Lipinski definition) is 2. The molecule has 10 heteroatoms. The Morgan fingerprint density at radius 3 is 2.31 bits per heavy atom. The van der Waals surface area contributed by atoms with Gasteiger partial charge in [0.1, 0.15) is 17.7 Å². The Kier molecular flexibility index (Phi) is 9.06. The third-order valence-electron chi connectivity index (χ3n) is 3.62. The highest BCUT2D eigenvalue weighted by atomic mass is 32.2. The van der Waals surface area contributed by atoms with Crippen LogP contribution in [0.3, 0.4) is 0 Å². The highest BCUT2D eigenvalue weighted by Gasteiger charge is 2.39. The van der Waals surface area contributed by atoms with Gasteiger partial charge in [0.25, 0.3) is 10.1 Å². The quantitative estimate of drug-likeness (QED) is 0.325. The fraction of sp³-hybridized carbons (Fsp3) is 0.579. The minimum absolute atomic E-state index is 0.0381. The van der Waals surface area contributed by atoms with Crippen LogP contribution in [0.4, 0.5) is 4.79 Å². The number of ether oxygens (including phenoxy) is 2. The topological polar surface area (TPSA) is 134 Å². The largest absolute Gasteiger partial charge is 0.459 e. The van der Waals surface area contributed by atoms with E-state index in [1.54, 1.807) is 20.8 Å². The van der Waals surface area contributed by atoms with Crippen molar-refractivity contribution in [2.75, 3.05) is 19.4 Å². The molecule has 29 heavy (non-hydrogen) atoms. The normalized spacial score (nSPS) is 14.0. The van der Waals surface area contributed by atoms with Gasteiger partial charge < -0.3 is 20.5 Å². The highest BCUT2D eigenvalue weighted by molar-refractivity contribution is 7.85. The molecule has 0 spiro atoms. The summed E-state index contributed by atoms with van der Waals surface area (Å²) in [6, 6.07) is 9.21. The molecule has 1 atom stereocenters. The standard InChI is InChI=1S/C19H30N2O7S/c1-18(2,3)28-16(22)19(20,14-27-29(4,24)25)11-8-12-21-17(23)26-13-15-9-6-5-7-10-15/h5-7,9-10H,8,11-14,20H2,1-4H3,(H,21,23)/t19-/m0/s1. The summed E-state index contributed by atoms with van der Waals surface area (Å²) in [5.74, 6) is -0.777. The van der Waals surface area contributed by atoms with E-state index in [9.17, 15) is 18.0 Å². The predicted octanol–water partition coefficient (Wildman–Crippen LogP) is 1.71. The van der Waals surface area contributed by atoms with E-state index < -0.39 is 39.9 Å². The van der Waals surface area contributed by atoms with E-state index >= 15 is 0 Å². The van der Waals surface area contributed by atoms with E-state index in [0.717, 1.165) is 11.8 Å². The van der Waals surface area contributed by atoms with E-state index in [4.69, 9.17) is 19.4 Å². The molecule has 164 valence electrons. The first kappa shape index (κ1) is 24.9. The van der Waals surface area contributed by atoms with Gasteiger partial charge in [-0.05, 0) is 39.2 Å². The fourth-order valence-corrected chi connectivity index (χ4v) is 2.62. The molecular weight excluding hydrogens is 400 g/mol. The number of nitrogens with two attached hydrogens (primary N) is 1. The molecule has 0 unspecified atom stereocenters. The first-order chi connectivity index (χ1) is 13.3. The molecule has 1 aromatic rings. The molecule has 1 amide bonds. The Morgan fingerprint density at radius 2 is 1.76 bits per heavy atom. The third-order valence-corrected chi connectivity index (χ3v) is 4.16. The average molecular weight is 431 g/mol. The van der Waals surface area contributed by atoms with Crippen molar-refractivity contribution in [3.63, 3.8) is 0 Å². The smallest absolute Gasteiger partial charge is 0.407 e. The molecule has 0 aliphatic rings. The van der Waals surface area contributed by atoms with Crippen LogP contribution in [-0.4, -0.2) is 51.0 Å². The highest BCUT2D eigenvalue weighted by Crippen LogP contribution is 2.18. The zero-order valence-electron chi connectivity index (χ0n) is 17.3. The molecule has 0 saturated heterocycles. The summed E-state index contributed by atoms with van der Waals surface area (Å²) < 4.78 is 37.7. The lowest BCUT2D eigenvalue weighted by molar-refractivity contribution is -0.163. The summed E-state index contributed by atoms with van der Waals surface area (Å²) in [6.07, 6.45) is 0.577. The Balaban J connectivity index is 2.53. The van der Waals surface area contributed by atoms with E-state index in [1.807, 2.05) is 30.3 Å². The number of rotatable bonds is 10. The average Bonchev–Trinajstić information content (AvgIpc) is 2.61. The van der Waals surface area contributed by atoms with E-state index in [2.05, 4.69) is 5.32 Å². The van der Waals surface area contributed by atoms with Crippen LogP contribution < -0.4 is 11.1 Å². The number of amides is 1. The van der Waals surface area contributed by atoms with Gasteiger partial charge in [-0.1, -0.05) is 30.3 Å². The Morgan fingerprint density at radius 1 is 1.14 bits per heavy atom. The van der Waals surface area contributed by atoms with E-state index in [0.29, 0.717) is 0 Å². The van der Waals surface area contributed by atoms with Crippen molar-refractivity contribution >= 4 is 22.2 Å². The molecule has 0 radical (unpaired) electrons. The van der Waals surface area contributed by atoms with Crippen molar-refractivity contribution in [2.45, 2.75) is 51.4 Å². The number of alkyl carbamates (subject to hydrolysis) is 1. The molecule has 0 saturated carbocycles. The van der Waals surface area contributed by atoms with Crippen molar-refractivity contribution in [2.24, 2.45) is 5.73 Å². The van der Waals surface area contributed by atoms with Crippen LogP contribution in [0.1, 0.15) is 39.2 Å². The predicted molar refractivity (Wildman–Crippen MR) is 107 cm³/mol. The second-order valence-corrected chi connectivity index (χ2v) is 9.36. The third kappa shape index (κ3) is 10.8. The lowest BCUT2D eigenvalue weighted by Gasteiger charge is -2.30. The van der Waals surface area contributed by atoms with Gasteiger partial charge in [0.05, 0.1) is 12.9 Å². The van der Waals surface area contributed by atoms with Crippen LogP contribution in [-0.2, 0) is 35.2 Å². The van der Waals surface area contributed by atoms with Crippen LogP contribution in [0, 0.1) is 0 Å². The number of hydrogen-bond acceptors (Lipinski definition) is 8. The van der Waals surface area contributed by atoms with Crippen LogP contribution >= 0.6 is 0 Å². The summed E-state index contributed by atoms with van der Waals surface area (Å²) in [5, 5.41) is 2.56. The number of carbonyl (C=O) groups excluding carboxylic acids is 2. The first-order valence-electron chi connectivity index (χ1n) is 9.12. The van der Waals surface area contributed by atoms with Gasteiger partial charge in [-0.3, -0.25) is 4.18 Å². The number of carbonyl (C=O) groups is 2. The van der Waals surface area contributed by atoms with Crippen molar-refractivity contribution in [1.82, 2.24) is 5.32 Å².